The molecule has 27 heavy (non-hydrogen) atoms. The van der Waals surface area contributed by atoms with E-state index in [1.165, 1.54) is 13.3 Å². The summed E-state index contributed by atoms with van der Waals surface area (Å²) in [5.74, 6) is -1.38. The fourth-order valence-corrected chi connectivity index (χ4v) is 2.05. The third kappa shape index (κ3) is 6.62. The summed E-state index contributed by atoms with van der Waals surface area (Å²) in [6.45, 7) is 1.82. The summed E-state index contributed by atoms with van der Waals surface area (Å²) < 4.78 is 5.43. The molecule has 0 spiro atoms. The summed E-state index contributed by atoms with van der Waals surface area (Å²) >= 11 is 0. The molecular weight excluding hydrogens is 348 g/mol. The number of hydrogen-bond donors (Lipinski definition) is 3. The van der Waals surface area contributed by atoms with E-state index in [4.69, 9.17) is 4.74 Å². The Bertz CT molecular complexity index is 847. The van der Waals surface area contributed by atoms with Gasteiger partial charge in [0.15, 0.2) is 6.61 Å². The Balaban J connectivity index is 1.80. The monoisotopic (exact) mass is 368 g/mol. The van der Waals surface area contributed by atoms with Gasteiger partial charge >= 0.3 is 11.8 Å². The predicted octanol–water partition coefficient (Wildman–Crippen LogP) is 1.21. The first-order valence-corrected chi connectivity index (χ1v) is 8.12. The number of amides is 3. The first-order valence-electron chi connectivity index (χ1n) is 8.12. The molecule has 0 atom stereocenters. The molecule has 3 amide bonds. The van der Waals surface area contributed by atoms with Gasteiger partial charge in [0.05, 0.1) is 6.21 Å². The highest BCUT2D eigenvalue weighted by Gasteiger charge is 2.08. The highest BCUT2D eigenvalue weighted by molar-refractivity contribution is 6.34. The number of aryl methyl sites for hydroxylation is 1. The number of nitrogens with zero attached hydrogens (tertiary/aromatic N) is 1. The Morgan fingerprint density at radius 2 is 1.81 bits per heavy atom. The number of carbonyl (C=O) groups is 3. The van der Waals surface area contributed by atoms with Gasteiger partial charge in [-0.1, -0.05) is 12.1 Å². The van der Waals surface area contributed by atoms with E-state index in [1.807, 2.05) is 31.2 Å². The minimum Gasteiger partial charge on any atom is -0.484 e. The van der Waals surface area contributed by atoms with Crippen LogP contribution in [-0.4, -0.2) is 37.6 Å². The van der Waals surface area contributed by atoms with Gasteiger partial charge in [-0.2, -0.15) is 5.10 Å². The first-order chi connectivity index (χ1) is 13.0. The van der Waals surface area contributed by atoms with Gasteiger partial charge in [0.1, 0.15) is 5.75 Å². The van der Waals surface area contributed by atoms with Gasteiger partial charge in [-0.05, 0) is 54.4 Å². The molecule has 0 heterocycles. The Kier molecular flexibility index (Phi) is 7.07. The van der Waals surface area contributed by atoms with Crippen LogP contribution in [0.1, 0.15) is 11.1 Å². The Labute approximate surface area is 156 Å². The maximum Gasteiger partial charge on any atom is 0.329 e. The standard InChI is InChI=1S/C19H20N4O4/c1-13-4-3-5-15(10-13)22-17(24)12-27-16-8-6-14(7-9-16)11-21-23-19(26)18(25)20-2/h3-11H,12H2,1-2H3,(H,20,25)(H,22,24)(H,23,26)/b21-11-. The molecule has 0 aliphatic rings. The lowest BCUT2D eigenvalue weighted by Crippen LogP contribution is -2.35. The van der Waals surface area contributed by atoms with E-state index < -0.39 is 11.8 Å². The van der Waals surface area contributed by atoms with E-state index in [1.54, 1.807) is 24.3 Å². The zero-order chi connectivity index (χ0) is 19.6. The molecule has 0 aliphatic heterocycles. The van der Waals surface area contributed by atoms with E-state index in [-0.39, 0.29) is 12.5 Å². The minimum atomic E-state index is -0.853. The molecule has 0 saturated carbocycles. The number of anilines is 1. The summed E-state index contributed by atoms with van der Waals surface area (Å²) in [5, 5.41) is 8.62. The fourth-order valence-electron chi connectivity index (χ4n) is 2.05. The topological polar surface area (TPSA) is 109 Å². The van der Waals surface area contributed by atoms with E-state index in [9.17, 15) is 14.4 Å². The summed E-state index contributed by atoms with van der Waals surface area (Å²) in [4.78, 5) is 34.2. The number of rotatable bonds is 6. The van der Waals surface area contributed by atoms with Crippen molar-refractivity contribution in [2.24, 2.45) is 5.10 Å². The van der Waals surface area contributed by atoms with Gasteiger partial charge in [-0.3, -0.25) is 14.4 Å². The number of benzene rings is 2. The third-order valence-electron chi connectivity index (χ3n) is 3.36. The molecule has 8 nitrogen and oxygen atoms in total. The molecule has 0 radical (unpaired) electrons. The van der Waals surface area contributed by atoms with Crippen LogP contribution in [0.5, 0.6) is 5.75 Å². The molecule has 0 saturated heterocycles. The van der Waals surface area contributed by atoms with Crippen molar-refractivity contribution in [3.05, 3.63) is 59.7 Å². The van der Waals surface area contributed by atoms with Gasteiger partial charge in [0.25, 0.3) is 5.91 Å². The van der Waals surface area contributed by atoms with Gasteiger partial charge < -0.3 is 15.4 Å². The summed E-state index contributed by atoms with van der Waals surface area (Å²) in [7, 11) is 1.35. The lowest BCUT2D eigenvalue weighted by molar-refractivity contribution is -0.138. The normalized spacial score (nSPS) is 10.3. The van der Waals surface area contributed by atoms with Crippen LogP contribution in [0.2, 0.25) is 0 Å². The van der Waals surface area contributed by atoms with Crippen molar-refractivity contribution in [3.63, 3.8) is 0 Å². The van der Waals surface area contributed by atoms with Gasteiger partial charge in [0, 0.05) is 12.7 Å². The predicted molar refractivity (Wildman–Crippen MR) is 102 cm³/mol. The second-order valence-corrected chi connectivity index (χ2v) is 5.55. The summed E-state index contributed by atoms with van der Waals surface area (Å²) in [6.07, 6.45) is 1.38. The number of hydrogen-bond acceptors (Lipinski definition) is 5. The van der Waals surface area contributed by atoms with Gasteiger partial charge in [0.2, 0.25) is 0 Å². The SMILES string of the molecule is CNC(=O)C(=O)N/N=C\c1ccc(OCC(=O)Nc2cccc(C)c2)cc1. The smallest absolute Gasteiger partial charge is 0.329 e. The molecule has 2 aromatic carbocycles. The van der Waals surface area contributed by atoms with Crippen LogP contribution in [-0.2, 0) is 14.4 Å². The molecule has 0 aromatic heterocycles. The number of hydrazone groups is 1. The van der Waals surface area contributed by atoms with Crippen molar-refractivity contribution in [1.29, 1.82) is 0 Å². The average molecular weight is 368 g/mol. The molecule has 2 aromatic rings. The molecular formula is C19H20N4O4. The van der Waals surface area contributed by atoms with Crippen molar-refractivity contribution in [2.75, 3.05) is 19.0 Å². The lowest BCUT2D eigenvalue weighted by Gasteiger charge is -2.08. The van der Waals surface area contributed by atoms with Crippen LogP contribution in [0, 0.1) is 6.92 Å². The van der Waals surface area contributed by atoms with Crippen molar-refractivity contribution in [2.45, 2.75) is 6.92 Å². The van der Waals surface area contributed by atoms with E-state index in [2.05, 4.69) is 21.2 Å². The number of carbonyl (C=O) groups excluding carboxylic acids is 3. The number of nitrogens with one attached hydrogen (secondary N) is 3. The summed E-state index contributed by atoms with van der Waals surface area (Å²) in [6, 6.07) is 14.2. The van der Waals surface area contributed by atoms with Crippen LogP contribution in [0.25, 0.3) is 0 Å². The average Bonchev–Trinajstić information content (AvgIpc) is 2.66. The lowest BCUT2D eigenvalue weighted by atomic mass is 10.2. The number of ether oxygens (including phenoxy) is 1. The third-order valence-corrected chi connectivity index (χ3v) is 3.36. The van der Waals surface area contributed by atoms with E-state index in [0.717, 1.165) is 5.56 Å². The molecule has 3 N–H and O–H groups in total. The molecule has 0 fully saturated rings. The molecule has 0 unspecified atom stereocenters. The van der Waals surface area contributed by atoms with Gasteiger partial charge in [-0.25, -0.2) is 5.43 Å². The molecule has 8 heteroatoms. The van der Waals surface area contributed by atoms with Crippen molar-refractivity contribution < 1.29 is 19.1 Å². The quantitative estimate of drug-likeness (QED) is 0.404. The minimum absolute atomic E-state index is 0.121. The van der Waals surface area contributed by atoms with Crippen LogP contribution in [0.4, 0.5) is 5.69 Å². The zero-order valence-corrected chi connectivity index (χ0v) is 15.0. The van der Waals surface area contributed by atoms with Crippen molar-refractivity contribution >= 4 is 29.6 Å². The maximum atomic E-state index is 11.9. The molecule has 2 rings (SSSR count). The number of likely N-dealkylation sites (N-methyl/N-ethyl adjacent to an activating group) is 1. The molecule has 140 valence electrons. The second-order valence-electron chi connectivity index (χ2n) is 5.55. The zero-order valence-electron chi connectivity index (χ0n) is 15.0. The first kappa shape index (κ1) is 19.6. The Morgan fingerprint density at radius 3 is 2.48 bits per heavy atom. The second kappa shape index (κ2) is 9.71. The van der Waals surface area contributed by atoms with Crippen LogP contribution >= 0.6 is 0 Å². The maximum absolute atomic E-state index is 11.9. The van der Waals surface area contributed by atoms with Gasteiger partial charge in [-0.15, -0.1) is 0 Å². The molecule has 0 aliphatic carbocycles. The Hall–Kier alpha value is -3.68. The van der Waals surface area contributed by atoms with Crippen LogP contribution in [0.15, 0.2) is 53.6 Å². The van der Waals surface area contributed by atoms with Crippen LogP contribution in [0.3, 0.4) is 0 Å². The Morgan fingerprint density at radius 1 is 1.07 bits per heavy atom. The fraction of sp³-hybridized carbons (Fsp3) is 0.158. The highest BCUT2D eigenvalue weighted by Crippen LogP contribution is 2.12. The molecule has 0 bridgehead atoms. The summed E-state index contributed by atoms with van der Waals surface area (Å²) in [5.41, 5.74) is 4.55. The van der Waals surface area contributed by atoms with E-state index in [0.29, 0.717) is 17.0 Å². The van der Waals surface area contributed by atoms with Crippen molar-refractivity contribution in [3.8, 4) is 5.75 Å². The van der Waals surface area contributed by atoms with Crippen LogP contribution < -0.4 is 20.8 Å². The van der Waals surface area contributed by atoms with Crippen molar-refractivity contribution in [1.82, 2.24) is 10.7 Å². The largest absolute Gasteiger partial charge is 0.484 e. The highest BCUT2D eigenvalue weighted by atomic mass is 16.5. The van der Waals surface area contributed by atoms with E-state index >= 15 is 0 Å².